The molecule has 1 aromatic heterocycles. The monoisotopic (exact) mass is 314 g/mol. The number of hydrogen-bond donors (Lipinski definition) is 1. The summed E-state index contributed by atoms with van der Waals surface area (Å²) in [6, 6.07) is 0. The van der Waals surface area contributed by atoms with Gasteiger partial charge in [0.2, 0.25) is 0 Å². The minimum Gasteiger partial charge on any atom is -0.390 e. The summed E-state index contributed by atoms with van der Waals surface area (Å²) in [5, 5.41) is 16.0. The van der Waals surface area contributed by atoms with Crippen molar-refractivity contribution in [3.8, 4) is 0 Å². The van der Waals surface area contributed by atoms with Gasteiger partial charge in [-0.2, -0.15) is 5.10 Å². The van der Waals surface area contributed by atoms with Gasteiger partial charge >= 0.3 is 0 Å². The summed E-state index contributed by atoms with van der Waals surface area (Å²) in [6.45, 7) is 4.86. The number of aryl methyl sites for hydroxylation is 2. The van der Waals surface area contributed by atoms with Crippen molar-refractivity contribution in [2.24, 2.45) is 0 Å². The van der Waals surface area contributed by atoms with Crippen molar-refractivity contribution < 1.29 is 9.84 Å². The summed E-state index contributed by atoms with van der Waals surface area (Å²) in [5.74, 6) is 0. The molecule has 0 bridgehead atoms. The number of aliphatic hydroxyl groups excluding tert-OH is 1. The zero-order valence-corrected chi connectivity index (χ0v) is 14.1. The number of methoxy groups -OCH3 is 1. The summed E-state index contributed by atoms with van der Waals surface area (Å²) in [4.78, 5) is 0. The topological polar surface area (TPSA) is 47.3 Å². The van der Waals surface area contributed by atoms with Crippen LogP contribution in [0.3, 0.4) is 0 Å². The van der Waals surface area contributed by atoms with Gasteiger partial charge in [0.1, 0.15) is 0 Å². The molecule has 1 N–H and O–H groups in total. The number of halogens is 1. The SMILES string of the molecule is CCc1nn(CC)c(CC(O)C2(OC)CCCCC2)c1Cl. The quantitative estimate of drug-likeness (QED) is 0.875. The van der Waals surface area contributed by atoms with E-state index in [0.717, 1.165) is 50.0 Å². The fourth-order valence-electron chi connectivity index (χ4n) is 3.41. The van der Waals surface area contributed by atoms with Gasteiger partial charge in [0.25, 0.3) is 0 Å². The molecule has 1 unspecified atom stereocenters. The van der Waals surface area contributed by atoms with E-state index in [-0.39, 0.29) is 0 Å². The Morgan fingerprint density at radius 2 is 2.00 bits per heavy atom. The molecule has 0 aromatic carbocycles. The van der Waals surface area contributed by atoms with E-state index in [1.165, 1.54) is 6.42 Å². The molecule has 0 amide bonds. The van der Waals surface area contributed by atoms with Gasteiger partial charge in [-0.05, 0) is 26.2 Å². The molecule has 21 heavy (non-hydrogen) atoms. The predicted molar refractivity (Wildman–Crippen MR) is 84.8 cm³/mol. The number of nitrogens with zero attached hydrogens (tertiary/aromatic N) is 2. The normalized spacial score (nSPS) is 19.7. The number of aromatic nitrogens is 2. The second-order valence-corrected chi connectivity index (χ2v) is 6.30. The Hall–Kier alpha value is -0.580. The minimum absolute atomic E-state index is 0.420. The third-order valence-electron chi connectivity index (χ3n) is 4.79. The Morgan fingerprint density at radius 3 is 2.52 bits per heavy atom. The van der Waals surface area contributed by atoms with Gasteiger partial charge in [-0.1, -0.05) is 37.8 Å². The number of rotatable bonds is 6. The van der Waals surface area contributed by atoms with E-state index >= 15 is 0 Å². The molecular formula is C16H27ClN2O2. The maximum atomic E-state index is 10.8. The summed E-state index contributed by atoms with van der Waals surface area (Å²) in [5.41, 5.74) is 1.43. The first-order valence-electron chi connectivity index (χ1n) is 8.05. The molecule has 1 aliphatic carbocycles. The van der Waals surface area contributed by atoms with Crippen molar-refractivity contribution in [3.05, 3.63) is 16.4 Å². The Labute approximate surface area is 132 Å². The fraction of sp³-hybridized carbons (Fsp3) is 0.812. The lowest BCUT2D eigenvalue weighted by Gasteiger charge is -2.40. The highest BCUT2D eigenvalue weighted by atomic mass is 35.5. The summed E-state index contributed by atoms with van der Waals surface area (Å²) < 4.78 is 7.65. The Balaban J connectivity index is 2.22. The number of aliphatic hydroxyl groups is 1. The zero-order chi connectivity index (χ0) is 15.5. The van der Waals surface area contributed by atoms with Crippen LogP contribution in [0.5, 0.6) is 0 Å². The van der Waals surface area contributed by atoms with Crippen LogP contribution >= 0.6 is 11.6 Å². The Bertz CT molecular complexity index is 467. The van der Waals surface area contributed by atoms with Gasteiger partial charge in [0, 0.05) is 20.1 Å². The molecule has 0 spiro atoms. The Kier molecular flexibility index (Phi) is 5.69. The van der Waals surface area contributed by atoms with Crippen LogP contribution in [0.1, 0.15) is 57.3 Å². The largest absolute Gasteiger partial charge is 0.390 e. The molecule has 4 nitrogen and oxygen atoms in total. The van der Waals surface area contributed by atoms with Crippen LogP contribution in [-0.2, 0) is 24.1 Å². The van der Waals surface area contributed by atoms with Crippen LogP contribution in [0, 0.1) is 0 Å². The van der Waals surface area contributed by atoms with Crippen LogP contribution in [0.25, 0.3) is 0 Å². The van der Waals surface area contributed by atoms with E-state index < -0.39 is 11.7 Å². The molecule has 1 heterocycles. The third kappa shape index (κ3) is 3.27. The molecule has 5 heteroatoms. The molecule has 1 aliphatic rings. The number of hydrogen-bond acceptors (Lipinski definition) is 3. The van der Waals surface area contributed by atoms with Crippen LogP contribution < -0.4 is 0 Å². The van der Waals surface area contributed by atoms with E-state index in [4.69, 9.17) is 16.3 Å². The van der Waals surface area contributed by atoms with Gasteiger partial charge in [0.05, 0.1) is 28.1 Å². The zero-order valence-electron chi connectivity index (χ0n) is 13.4. The summed E-state index contributed by atoms with van der Waals surface area (Å²) in [7, 11) is 1.71. The van der Waals surface area contributed by atoms with Crippen molar-refractivity contribution in [3.63, 3.8) is 0 Å². The molecule has 2 rings (SSSR count). The van der Waals surface area contributed by atoms with E-state index in [1.54, 1.807) is 7.11 Å². The van der Waals surface area contributed by atoms with Crippen LogP contribution in [0.2, 0.25) is 5.02 Å². The van der Waals surface area contributed by atoms with E-state index in [2.05, 4.69) is 5.10 Å². The Morgan fingerprint density at radius 1 is 1.33 bits per heavy atom. The molecule has 1 saturated carbocycles. The van der Waals surface area contributed by atoms with Crippen molar-refractivity contribution in [1.29, 1.82) is 0 Å². The molecule has 1 fully saturated rings. The molecule has 1 atom stereocenters. The van der Waals surface area contributed by atoms with Crippen molar-refractivity contribution in [2.45, 2.75) is 77.0 Å². The van der Waals surface area contributed by atoms with Crippen LogP contribution in [0.15, 0.2) is 0 Å². The second kappa shape index (κ2) is 7.12. The summed E-state index contributed by atoms with van der Waals surface area (Å²) >= 11 is 6.44. The standard InChI is InChI=1S/C16H27ClN2O2/c1-4-12-15(17)13(19(5-2)18-12)11-14(20)16(21-3)9-7-6-8-10-16/h14,20H,4-11H2,1-3H3. The molecule has 120 valence electrons. The van der Waals surface area contributed by atoms with E-state index in [0.29, 0.717) is 11.4 Å². The van der Waals surface area contributed by atoms with Crippen LogP contribution in [0.4, 0.5) is 0 Å². The molecule has 1 aromatic rings. The highest BCUT2D eigenvalue weighted by Gasteiger charge is 2.40. The molecule has 0 saturated heterocycles. The third-order valence-corrected chi connectivity index (χ3v) is 5.23. The maximum absolute atomic E-state index is 10.8. The smallest absolute Gasteiger partial charge is 0.0940 e. The van der Waals surface area contributed by atoms with Gasteiger partial charge < -0.3 is 9.84 Å². The van der Waals surface area contributed by atoms with Crippen molar-refractivity contribution in [1.82, 2.24) is 9.78 Å². The summed E-state index contributed by atoms with van der Waals surface area (Å²) in [6.07, 6.45) is 6.08. The highest BCUT2D eigenvalue weighted by Crippen LogP contribution is 2.36. The lowest BCUT2D eigenvalue weighted by Crippen LogP contribution is -2.47. The van der Waals surface area contributed by atoms with Crippen molar-refractivity contribution in [2.75, 3.05) is 7.11 Å². The highest BCUT2D eigenvalue weighted by molar-refractivity contribution is 6.31. The minimum atomic E-state index is -0.535. The molecular weight excluding hydrogens is 288 g/mol. The van der Waals surface area contributed by atoms with Crippen molar-refractivity contribution >= 4 is 11.6 Å². The fourth-order valence-corrected chi connectivity index (χ4v) is 3.75. The van der Waals surface area contributed by atoms with Gasteiger partial charge in [-0.25, -0.2) is 0 Å². The first-order chi connectivity index (χ1) is 10.1. The lowest BCUT2D eigenvalue weighted by molar-refractivity contribution is -0.122. The van der Waals surface area contributed by atoms with E-state index in [1.807, 2.05) is 18.5 Å². The van der Waals surface area contributed by atoms with E-state index in [9.17, 15) is 5.11 Å². The first kappa shape index (κ1) is 16.8. The van der Waals surface area contributed by atoms with Crippen LogP contribution in [-0.4, -0.2) is 33.7 Å². The molecule has 0 radical (unpaired) electrons. The number of ether oxygens (including phenoxy) is 1. The van der Waals surface area contributed by atoms with Gasteiger partial charge in [-0.3, -0.25) is 4.68 Å². The van der Waals surface area contributed by atoms with Gasteiger partial charge in [0.15, 0.2) is 0 Å². The molecule has 0 aliphatic heterocycles. The average Bonchev–Trinajstić information content (AvgIpc) is 2.83. The predicted octanol–water partition coefficient (Wildman–Crippen LogP) is 3.37. The average molecular weight is 315 g/mol. The maximum Gasteiger partial charge on any atom is 0.0940 e. The lowest BCUT2D eigenvalue weighted by atomic mass is 9.79. The van der Waals surface area contributed by atoms with Gasteiger partial charge in [-0.15, -0.1) is 0 Å². The first-order valence-corrected chi connectivity index (χ1v) is 8.43. The second-order valence-electron chi connectivity index (χ2n) is 5.93.